The third-order valence-electron chi connectivity index (χ3n) is 3.35. The lowest BCUT2D eigenvalue weighted by molar-refractivity contribution is -0.128. The quantitative estimate of drug-likeness (QED) is 0.845. The van der Waals surface area contributed by atoms with Crippen LogP contribution in [-0.4, -0.2) is 23.8 Å². The van der Waals surface area contributed by atoms with Gasteiger partial charge in [0.25, 0.3) is 0 Å². The number of carbonyl (C=O) groups is 1. The Morgan fingerprint density at radius 3 is 2.72 bits per heavy atom. The van der Waals surface area contributed by atoms with Crippen LogP contribution in [0, 0.1) is 6.92 Å². The molecular formula is C13H16ClN3O. The molecule has 2 N–H and O–H groups in total. The third kappa shape index (κ3) is 2.08. The second-order valence-electron chi connectivity index (χ2n) is 4.84. The number of rotatable bonds is 1. The highest BCUT2D eigenvalue weighted by molar-refractivity contribution is 6.31. The summed E-state index contributed by atoms with van der Waals surface area (Å²) < 4.78 is 0. The minimum Gasteiger partial charge on any atom is -0.369 e. The van der Waals surface area contributed by atoms with Crippen LogP contribution in [0.4, 0.5) is 0 Å². The summed E-state index contributed by atoms with van der Waals surface area (Å²) in [5, 5.41) is 0.707. The number of hydrogen-bond acceptors (Lipinski definition) is 3. The number of benzene rings is 1. The maximum Gasteiger partial charge on any atom is 0.231 e. The van der Waals surface area contributed by atoms with E-state index >= 15 is 0 Å². The molecule has 1 aromatic rings. The number of amides is 1. The van der Waals surface area contributed by atoms with Gasteiger partial charge in [-0.25, -0.2) is 4.99 Å². The van der Waals surface area contributed by atoms with E-state index in [0.717, 1.165) is 11.1 Å². The van der Waals surface area contributed by atoms with Gasteiger partial charge in [0.1, 0.15) is 0 Å². The van der Waals surface area contributed by atoms with Crippen molar-refractivity contribution < 1.29 is 4.79 Å². The Morgan fingerprint density at radius 2 is 2.17 bits per heavy atom. The molecule has 5 heteroatoms. The van der Waals surface area contributed by atoms with Crippen molar-refractivity contribution in [3.05, 3.63) is 34.3 Å². The molecule has 0 saturated heterocycles. The van der Waals surface area contributed by atoms with Crippen LogP contribution in [0.3, 0.4) is 0 Å². The van der Waals surface area contributed by atoms with E-state index in [1.807, 2.05) is 32.0 Å². The average molecular weight is 266 g/mol. The Balaban J connectivity index is 2.48. The van der Waals surface area contributed by atoms with Crippen molar-refractivity contribution in [1.82, 2.24) is 4.90 Å². The fraction of sp³-hybridized carbons (Fsp3) is 0.385. The number of hydrogen-bond donors (Lipinski definition) is 1. The predicted octanol–water partition coefficient (Wildman–Crippen LogP) is 2.04. The van der Waals surface area contributed by atoms with Crippen LogP contribution < -0.4 is 5.73 Å². The Bertz CT molecular complexity index is 541. The number of aryl methyl sites for hydroxylation is 1. The number of halogens is 1. The summed E-state index contributed by atoms with van der Waals surface area (Å²) in [6, 6.07) is 5.68. The second kappa shape index (κ2) is 4.28. The number of guanidine groups is 1. The van der Waals surface area contributed by atoms with Crippen LogP contribution in [0.5, 0.6) is 0 Å². The van der Waals surface area contributed by atoms with Gasteiger partial charge in [-0.3, -0.25) is 9.69 Å². The smallest absolute Gasteiger partial charge is 0.231 e. The Labute approximate surface area is 111 Å². The second-order valence-corrected chi connectivity index (χ2v) is 5.24. The molecule has 96 valence electrons. The molecule has 0 aliphatic carbocycles. The Hall–Kier alpha value is -1.55. The molecule has 1 aromatic carbocycles. The molecule has 0 spiro atoms. The van der Waals surface area contributed by atoms with Crippen LogP contribution in [0.15, 0.2) is 23.2 Å². The zero-order valence-corrected chi connectivity index (χ0v) is 11.5. The highest BCUT2D eigenvalue weighted by Crippen LogP contribution is 2.34. The lowest BCUT2D eigenvalue weighted by Gasteiger charge is -2.33. The fourth-order valence-corrected chi connectivity index (χ4v) is 2.17. The van der Waals surface area contributed by atoms with Gasteiger partial charge in [0.2, 0.25) is 5.91 Å². The number of nitrogens with two attached hydrogens (primary N) is 1. The van der Waals surface area contributed by atoms with Crippen molar-refractivity contribution in [2.75, 3.05) is 7.05 Å². The first-order valence-electron chi connectivity index (χ1n) is 5.72. The number of nitrogens with zero attached hydrogens (tertiary/aromatic N) is 2. The summed E-state index contributed by atoms with van der Waals surface area (Å²) in [6.07, 6.45) is 0.311. The van der Waals surface area contributed by atoms with Crippen LogP contribution in [0.25, 0.3) is 0 Å². The SMILES string of the molecule is Cc1cc(C2(C)CC(=O)N(C)C(N)=N2)ccc1Cl. The molecular weight excluding hydrogens is 250 g/mol. The molecule has 0 bridgehead atoms. The molecule has 0 saturated carbocycles. The van der Waals surface area contributed by atoms with E-state index in [-0.39, 0.29) is 11.9 Å². The van der Waals surface area contributed by atoms with Crippen molar-refractivity contribution in [2.24, 2.45) is 10.7 Å². The van der Waals surface area contributed by atoms with Gasteiger partial charge < -0.3 is 5.73 Å². The molecule has 0 aromatic heterocycles. The maximum atomic E-state index is 11.9. The van der Waals surface area contributed by atoms with E-state index in [0.29, 0.717) is 11.4 Å². The first-order valence-corrected chi connectivity index (χ1v) is 6.10. The van der Waals surface area contributed by atoms with Crippen LogP contribution in [0.2, 0.25) is 5.02 Å². The molecule has 1 heterocycles. The van der Waals surface area contributed by atoms with E-state index in [9.17, 15) is 4.79 Å². The largest absolute Gasteiger partial charge is 0.369 e. The van der Waals surface area contributed by atoms with Crippen molar-refractivity contribution >= 4 is 23.5 Å². The first-order chi connectivity index (χ1) is 8.33. The highest BCUT2D eigenvalue weighted by atomic mass is 35.5. The Kier molecular flexibility index (Phi) is 3.07. The first kappa shape index (κ1) is 12.9. The van der Waals surface area contributed by atoms with E-state index in [1.165, 1.54) is 4.90 Å². The fourth-order valence-electron chi connectivity index (χ4n) is 2.05. The lowest BCUT2D eigenvalue weighted by Crippen LogP contribution is -2.47. The lowest BCUT2D eigenvalue weighted by atomic mass is 9.87. The standard InChI is InChI=1S/C13H16ClN3O/c1-8-6-9(4-5-10(8)14)13(2)7-11(18)17(3)12(15)16-13/h4-6H,7H2,1-3H3,(H2,15,16). The van der Waals surface area contributed by atoms with Crippen LogP contribution in [-0.2, 0) is 10.3 Å². The molecule has 4 nitrogen and oxygen atoms in total. The minimum atomic E-state index is -0.608. The molecule has 1 unspecified atom stereocenters. The molecule has 1 aliphatic rings. The van der Waals surface area contributed by atoms with Gasteiger partial charge in [-0.15, -0.1) is 0 Å². The minimum absolute atomic E-state index is 0.0300. The van der Waals surface area contributed by atoms with Crippen molar-refractivity contribution in [1.29, 1.82) is 0 Å². The van der Waals surface area contributed by atoms with Gasteiger partial charge >= 0.3 is 0 Å². The average Bonchev–Trinajstić information content (AvgIpc) is 2.29. The topological polar surface area (TPSA) is 58.7 Å². The van der Waals surface area contributed by atoms with Gasteiger partial charge in [-0.05, 0) is 31.0 Å². The maximum absolute atomic E-state index is 11.9. The normalized spacial score (nSPS) is 24.1. The van der Waals surface area contributed by atoms with Gasteiger partial charge in [0, 0.05) is 12.1 Å². The van der Waals surface area contributed by atoms with Crippen LogP contribution in [0.1, 0.15) is 24.5 Å². The van der Waals surface area contributed by atoms with Crippen molar-refractivity contribution in [3.8, 4) is 0 Å². The van der Waals surface area contributed by atoms with E-state index in [2.05, 4.69) is 4.99 Å². The number of carbonyl (C=O) groups excluding carboxylic acids is 1. The molecule has 1 amide bonds. The summed E-state index contributed by atoms with van der Waals surface area (Å²) >= 11 is 6.01. The molecule has 1 aliphatic heterocycles. The highest BCUT2D eigenvalue weighted by Gasteiger charge is 2.36. The summed E-state index contributed by atoms with van der Waals surface area (Å²) in [5.74, 6) is 0.221. The van der Waals surface area contributed by atoms with E-state index in [1.54, 1.807) is 7.05 Å². The molecule has 0 radical (unpaired) electrons. The molecule has 18 heavy (non-hydrogen) atoms. The summed E-state index contributed by atoms with van der Waals surface area (Å²) in [4.78, 5) is 17.7. The monoisotopic (exact) mass is 265 g/mol. The summed E-state index contributed by atoms with van der Waals surface area (Å²) in [5.41, 5.74) is 7.09. The van der Waals surface area contributed by atoms with Crippen LogP contribution >= 0.6 is 11.6 Å². The summed E-state index contributed by atoms with van der Waals surface area (Å²) in [6.45, 7) is 3.84. The van der Waals surface area contributed by atoms with Crippen molar-refractivity contribution in [3.63, 3.8) is 0 Å². The summed E-state index contributed by atoms with van der Waals surface area (Å²) in [7, 11) is 1.63. The predicted molar refractivity (Wildman–Crippen MR) is 72.6 cm³/mol. The van der Waals surface area contributed by atoms with Gasteiger partial charge in [0.05, 0.1) is 12.0 Å². The Morgan fingerprint density at radius 1 is 1.50 bits per heavy atom. The third-order valence-corrected chi connectivity index (χ3v) is 3.78. The van der Waals surface area contributed by atoms with Gasteiger partial charge in [-0.1, -0.05) is 23.7 Å². The van der Waals surface area contributed by atoms with E-state index in [4.69, 9.17) is 17.3 Å². The van der Waals surface area contributed by atoms with Gasteiger partial charge in [0.15, 0.2) is 5.96 Å². The van der Waals surface area contributed by atoms with Crippen molar-refractivity contribution in [2.45, 2.75) is 25.8 Å². The van der Waals surface area contributed by atoms with E-state index < -0.39 is 5.54 Å². The molecule has 0 fully saturated rings. The molecule has 2 rings (SSSR count). The molecule has 1 atom stereocenters. The number of aliphatic imine (C=N–C) groups is 1. The zero-order chi connectivity index (χ0) is 13.5. The zero-order valence-electron chi connectivity index (χ0n) is 10.7. The van der Waals surface area contributed by atoms with Gasteiger partial charge in [-0.2, -0.15) is 0 Å².